The standard InChI is InChI=1S/C5H4O5.Ti/c1-3(7)10-5(9)4(8)2-6;/h2H,1H3;. The minimum atomic E-state index is -1.44. The third-order valence-corrected chi connectivity index (χ3v) is 0.545. The fourth-order valence-electron chi connectivity index (χ4n) is 0.229. The van der Waals surface area contributed by atoms with Gasteiger partial charge in [-0.25, -0.2) is 4.79 Å². The molecule has 0 N–H and O–H groups in total. The predicted molar refractivity (Wildman–Crippen MR) is 27.8 cm³/mol. The van der Waals surface area contributed by atoms with Gasteiger partial charge in [0.2, 0.25) is 0 Å². The van der Waals surface area contributed by atoms with Crippen molar-refractivity contribution >= 4 is 24.0 Å². The zero-order valence-electron chi connectivity index (χ0n) is 5.62. The SMILES string of the molecule is CC(=O)OC(=O)C(=O)C=O.[Ti]. The van der Waals surface area contributed by atoms with E-state index in [1.165, 1.54) is 0 Å². The molecule has 0 spiro atoms. The van der Waals surface area contributed by atoms with Crippen molar-refractivity contribution in [1.29, 1.82) is 0 Å². The maximum atomic E-state index is 10.2. The van der Waals surface area contributed by atoms with Crippen molar-refractivity contribution in [3.8, 4) is 0 Å². The van der Waals surface area contributed by atoms with Gasteiger partial charge in [-0.3, -0.25) is 14.4 Å². The van der Waals surface area contributed by atoms with Crippen LogP contribution in [0.15, 0.2) is 0 Å². The number of carbonyl (C=O) groups excluding carboxylic acids is 4. The monoisotopic (exact) mass is 192 g/mol. The van der Waals surface area contributed by atoms with E-state index in [1.807, 2.05) is 0 Å². The second-order valence-electron chi connectivity index (χ2n) is 1.36. The van der Waals surface area contributed by atoms with E-state index in [2.05, 4.69) is 4.74 Å². The molecule has 0 aromatic rings. The Bertz CT molecular complexity index is 197. The number of rotatable bonds is 2. The van der Waals surface area contributed by atoms with Crippen molar-refractivity contribution in [2.24, 2.45) is 0 Å². The molecule has 6 heteroatoms. The second kappa shape index (κ2) is 5.94. The fourth-order valence-corrected chi connectivity index (χ4v) is 0.229. The summed E-state index contributed by atoms with van der Waals surface area (Å²) >= 11 is 0. The predicted octanol–water partition coefficient (Wildman–Crippen LogP) is -1.16. The van der Waals surface area contributed by atoms with Crippen molar-refractivity contribution < 1.29 is 45.6 Å². The van der Waals surface area contributed by atoms with Crippen LogP contribution >= 0.6 is 0 Å². The zero-order valence-corrected chi connectivity index (χ0v) is 7.18. The summed E-state index contributed by atoms with van der Waals surface area (Å²) in [6.07, 6.45) is -0.217. The molecule has 0 atom stereocenters. The van der Waals surface area contributed by atoms with Gasteiger partial charge >= 0.3 is 17.7 Å². The van der Waals surface area contributed by atoms with E-state index in [9.17, 15) is 19.2 Å². The molecule has 0 aliphatic carbocycles. The molecule has 0 radical (unpaired) electrons. The number of carbonyl (C=O) groups is 4. The third kappa shape index (κ3) is 5.63. The average Bonchev–Trinajstić information content (AvgIpc) is 1.85. The maximum absolute atomic E-state index is 10.2. The van der Waals surface area contributed by atoms with Gasteiger partial charge in [0.05, 0.1) is 0 Å². The smallest absolute Gasteiger partial charge is 0.387 e. The van der Waals surface area contributed by atoms with E-state index in [1.54, 1.807) is 0 Å². The van der Waals surface area contributed by atoms with Gasteiger partial charge in [-0.1, -0.05) is 0 Å². The summed E-state index contributed by atoms with van der Waals surface area (Å²) in [6, 6.07) is 0. The quantitative estimate of drug-likeness (QED) is 0.181. The molecule has 0 rings (SSSR count). The van der Waals surface area contributed by atoms with Gasteiger partial charge in [-0.15, -0.1) is 0 Å². The molecule has 0 aromatic heterocycles. The van der Waals surface area contributed by atoms with E-state index >= 15 is 0 Å². The van der Waals surface area contributed by atoms with Crippen LogP contribution in [0.1, 0.15) is 6.92 Å². The number of esters is 2. The summed E-state index contributed by atoms with van der Waals surface area (Å²) in [4.78, 5) is 39.7. The number of aldehydes is 1. The molecular formula is C5H4O5Ti. The van der Waals surface area contributed by atoms with Crippen LogP contribution in [0, 0.1) is 0 Å². The van der Waals surface area contributed by atoms with Crippen LogP contribution in [0.3, 0.4) is 0 Å². The van der Waals surface area contributed by atoms with Crippen molar-refractivity contribution in [1.82, 2.24) is 0 Å². The van der Waals surface area contributed by atoms with Gasteiger partial charge in [0.25, 0.3) is 0 Å². The van der Waals surface area contributed by atoms with Crippen LogP contribution in [-0.4, -0.2) is 24.0 Å². The number of hydrogen-bond donors (Lipinski definition) is 0. The zero-order chi connectivity index (χ0) is 8.15. The fraction of sp³-hybridized carbons (Fsp3) is 0.200. The van der Waals surface area contributed by atoms with Crippen LogP contribution in [-0.2, 0) is 45.6 Å². The first kappa shape index (κ1) is 12.8. The van der Waals surface area contributed by atoms with Gasteiger partial charge in [0.15, 0.2) is 6.29 Å². The number of hydrogen-bond acceptors (Lipinski definition) is 5. The Hall–Kier alpha value is -0.806. The number of Topliss-reactive ketones (excluding diaryl/α,β-unsaturated/α-hetero) is 1. The van der Waals surface area contributed by atoms with Gasteiger partial charge in [0.1, 0.15) is 0 Å². The van der Waals surface area contributed by atoms with Crippen molar-refractivity contribution in [2.75, 3.05) is 0 Å². The van der Waals surface area contributed by atoms with Crippen LogP contribution in [0.4, 0.5) is 0 Å². The minimum Gasteiger partial charge on any atom is -0.387 e. The molecule has 11 heavy (non-hydrogen) atoms. The van der Waals surface area contributed by atoms with Crippen molar-refractivity contribution in [3.63, 3.8) is 0 Å². The molecule has 0 aliphatic rings. The molecule has 0 aromatic carbocycles. The molecule has 0 heterocycles. The molecule has 0 amide bonds. The molecule has 0 aliphatic heterocycles. The van der Waals surface area contributed by atoms with E-state index in [0.717, 1.165) is 6.92 Å². The summed E-state index contributed by atoms with van der Waals surface area (Å²) < 4.78 is 3.74. The van der Waals surface area contributed by atoms with Gasteiger partial charge < -0.3 is 4.74 Å². The third-order valence-electron chi connectivity index (χ3n) is 0.545. The molecule has 0 saturated carbocycles. The second-order valence-corrected chi connectivity index (χ2v) is 1.36. The Morgan fingerprint density at radius 2 is 1.73 bits per heavy atom. The first-order chi connectivity index (χ1) is 4.57. The molecule has 58 valence electrons. The molecule has 0 bridgehead atoms. The Balaban J connectivity index is 0. The van der Waals surface area contributed by atoms with Crippen LogP contribution in [0.2, 0.25) is 0 Å². The van der Waals surface area contributed by atoms with E-state index in [4.69, 9.17) is 0 Å². The minimum absolute atomic E-state index is 0. The molecule has 0 unspecified atom stereocenters. The molecule has 0 fully saturated rings. The van der Waals surface area contributed by atoms with E-state index < -0.39 is 17.7 Å². The topological polar surface area (TPSA) is 77.5 Å². The average molecular weight is 192 g/mol. The molecule has 0 saturated heterocycles. The molecule has 5 nitrogen and oxygen atoms in total. The van der Waals surface area contributed by atoms with Gasteiger partial charge in [-0.2, -0.15) is 0 Å². The largest absolute Gasteiger partial charge is 0.390 e. The Morgan fingerprint density at radius 3 is 2.00 bits per heavy atom. The maximum Gasteiger partial charge on any atom is 0.390 e. The number of ether oxygens (including phenoxy) is 1. The van der Waals surface area contributed by atoms with Gasteiger partial charge in [0, 0.05) is 28.6 Å². The van der Waals surface area contributed by atoms with Crippen LogP contribution in [0.25, 0.3) is 0 Å². The Morgan fingerprint density at radius 1 is 1.27 bits per heavy atom. The van der Waals surface area contributed by atoms with E-state index in [0.29, 0.717) is 0 Å². The summed E-state index contributed by atoms with van der Waals surface area (Å²) in [5.74, 6) is -3.72. The number of ketones is 1. The van der Waals surface area contributed by atoms with E-state index in [-0.39, 0.29) is 28.0 Å². The van der Waals surface area contributed by atoms with Crippen LogP contribution in [0.5, 0.6) is 0 Å². The van der Waals surface area contributed by atoms with Gasteiger partial charge in [-0.05, 0) is 0 Å². The summed E-state index contributed by atoms with van der Waals surface area (Å²) in [5.41, 5.74) is 0. The Labute approximate surface area is 77.0 Å². The summed E-state index contributed by atoms with van der Waals surface area (Å²) in [6.45, 7) is 0.954. The first-order valence-corrected chi connectivity index (χ1v) is 2.29. The molecular weight excluding hydrogens is 188 g/mol. The van der Waals surface area contributed by atoms with Crippen molar-refractivity contribution in [3.05, 3.63) is 0 Å². The first-order valence-electron chi connectivity index (χ1n) is 2.29. The Kier molecular flexibility index (Phi) is 6.93. The van der Waals surface area contributed by atoms with Crippen molar-refractivity contribution in [2.45, 2.75) is 6.92 Å². The summed E-state index contributed by atoms with van der Waals surface area (Å²) in [5, 5.41) is 0. The van der Waals surface area contributed by atoms with Crippen LogP contribution < -0.4 is 0 Å². The summed E-state index contributed by atoms with van der Waals surface area (Å²) in [7, 11) is 0. The normalized spacial score (nSPS) is 7.36.